The standard InChI is InChI=1S/C31H37ClN4O2/c1-6-8-28(36(4)5)25-15-21(3)35-30-24(25)9-7-10-29(30)38-19-26-23(16-33-18-27(26)32)17-34-31(37)22-13-11-20(2)12-14-22/h6-10,15-16,18,20,22H,1,11-14,17,19H2,2-5H3,(H,34,37)/b28-8-. The van der Waals surface area contributed by atoms with E-state index in [1.165, 1.54) is 0 Å². The van der Waals surface area contributed by atoms with Gasteiger partial charge in [0, 0.05) is 66.9 Å². The number of hydrogen-bond acceptors (Lipinski definition) is 5. The minimum Gasteiger partial charge on any atom is -0.487 e. The van der Waals surface area contributed by atoms with Crippen molar-refractivity contribution in [2.75, 3.05) is 14.1 Å². The Bertz CT molecular complexity index is 1340. The van der Waals surface area contributed by atoms with Crippen LogP contribution in [0.2, 0.25) is 5.02 Å². The molecule has 0 spiro atoms. The lowest BCUT2D eigenvalue weighted by Crippen LogP contribution is -2.32. The van der Waals surface area contributed by atoms with Crippen LogP contribution in [0.1, 0.15) is 55.0 Å². The highest BCUT2D eigenvalue weighted by molar-refractivity contribution is 6.31. The molecule has 200 valence electrons. The van der Waals surface area contributed by atoms with Crippen molar-refractivity contribution >= 4 is 34.1 Å². The lowest BCUT2D eigenvalue weighted by Gasteiger charge is -2.25. The van der Waals surface area contributed by atoms with E-state index in [9.17, 15) is 4.79 Å². The molecule has 0 saturated heterocycles. The van der Waals surface area contributed by atoms with E-state index in [-0.39, 0.29) is 18.4 Å². The van der Waals surface area contributed by atoms with Crippen molar-refractivity contribution in [1.82, 2.24) is 20.2 Å². The van der Waals surface area contributed by atoms with Crippen LogP contribution < -0.4 is 10.1 Å². The third-order valence-corrected chi connectivity index (χ3v) is 7.60. The quantitative estimate of drug-likeness (QED) is 0.310. The summed E-state index contributed by atoms with van der Waals surface area (Å²) in [6.45, 7) is 8.72. The molecule has 0 bridgehead atoms. The van der Waals surface area contributed by atoms with Crippen LogP contribution >= 0.6 is 11.6 Å². The van der Waals surface area contributed by atoms with Crippen molar-refractivity contribution in [3.8, 4) is 5.75 Å². The second-order valence-electron chi connectivity index (χ2n) is 10.4. The van der Waals surface area contributed by atoms with Gasteiger partial charge >= 0.3 is 0 Å². The number of benzene rings is 1. The molecule has 7 heteroatoms. The van der Waals surface area contributed by atoms with E-state index in [0.29, 0.717) is 23.2 Å². The summed E-state index contributed by atoms with van der Waals surface area (Å²) in [5, 5.41) is 4.61. The minimum atomic E-state index is 0.0828. The number of hydrogen-bond donors (Lipinski definition) is 1. The predicted octanol–water partition coefficient (Wildman–Crippen LogP) is 6.70. The largest absolute Gasteiger partial charge is 0.487 e. The van der Waals surface area contributed by atoms with Crippen molar-refractivity contribution in [2.45, 2.75) is 52.7 Å². The number of carbonyl (C=O) groups is 1. The van der Waals surface area contributed by atoms with Crippen molar-refractivity contribution in [3.63, 3.8) is 0 Å². The highest BCUT2D eigenvalue weighted by atomic mass is 35.5. The van der Waals surface area contributed by atoms with Gasteiger partial charge in [-0.3, -0.25) is 9.78 Å². The fourth-order valence-corrected chi connectivity index (χ4v) is 5.32. The maximum absolute atomic E-state index is 12.8. The Morgan fingerprint density at radius 3 is 2.71 bits per heavy atom. The first-order chi connectivity index (χ1) is 18.3. The van der Waals surface area contributed by atoms with Crippen LogP contribution in [-0.2, 0) is 17.9 Å². The van der Waals surface area contributed by atoms with E-state index in [0.717, 1.165) is 64.7 Å². The summed E-state index contributed by atoms with van der Waals surface area (Å²) in [5.41, 5.74) is 5.43. The number of fused-ring (bicyclic) bond motifs is 1. The molecule has 1 amide bonds. The molecular weight excluding hydrogens is 496 g/mol. The minimum absolute atomic E-state index is 0.0828. The number of amides is 1. The van der Waals surface area contributed by atoms with Gasteiger partial charge in [-0.15, -0.1) is 0 Å². The van der Waals surface area contributed by atoms with Crippen LogP contribution in [0.25, 0.3) is 16.6 Å². The van der Waals surface area contributed by atoms with Gasteiger partial charge in [0.05, 0.1) is 5.02 Å². The number of pyridine rings is 2. The number of carbonyl (C=O) groups excluding carboxylic acids is 1. The normalized spacial score (nSPS) is 17.8. The average Bonchev–Trinajstić information content (AvgIpc) is 2.89. The molecule has 0 atom stereocenters. The molecule has 38 heavy (non-hydrogen) atoms. The Balaban J connectivity index is 1.56. The summed E-state index contributed by atoms with van der Waals surface area (Å²) in [6.07, 6.45) is 11.3. The molecule has 1 N–H and O–H groups in total. The highest BCUT2D eigenvalue weighted by Crippen LogP contribution is 2.33. The summed E-state index contributed by atoms with van der Waals surface area (Å²) in [5.74, 6) is 1.56. The molecule has 1 aliphatic carbocycles. The molecule has 1 saturated carbocycles. The SMILES string of the molecule is C=C/C=C(/c1cc(C)nc2c(OCc3c(Cl)cncc3CNC(=O)C3CCC(C)CC3)cccc12)N(C)C. The number of nitrogens with one attached hydrogen (secondary N) is 1. The Labute approximate surface area is 230 Å². The average molecular weight is 533 g/mol. The van der Waals surface area contributed by atoms with Crippen molar-refractivity contribution in [2.24, 2.45) is 11.8 Å². The van der Waals surface area contributed by atoms with Gasteiger partial charge < -0.3 is 15.0 Å². The van der Waals surface area contributed by atoms with Gasteiger partial charge in [-0.1, -0.05) is 43.3 Å². The zero-order chi connectivity index (χ0) is 27.2. The Hall–Kier alpha value is -3.38. The number of aryl methyl sites for hydroxylation is 1. The van der Waals surface area contributed by atoms with E-state index < -0.39 is 0 Å². The van der Waals surface area contributed by atoms with Gasteiger partial charge in [0.1, 0.15) is 17.9 Å². The molecule has 0 radical (unpaired) electrons. The maximum atomic E-state index is 12.8. The monoisotopic (exact) mass is 532 g/mol. The van der Waals surface area contributed by atoms with E-state index >= 15 is 0 Å². The van der Waals surface area contributed by atoms with Gasteiger partial charge in [-0.2, -0.15) is 0 Å². The van der Waals surface area contributed by atoms with Gasteiger partial charge in [-0.05, 0) is 62.3 Å². The number of aromatic nitrogens is 2. The zero-order valence-corrected chi connectivity index (χ0v) is 23.5. The first-order valence-electron chi connectivity index (χ1n) is 13.2. The molecule has 0 unspecified atom stereocenters. The Kier molecular flexibility index (Phi) is 9.05. The van der Waals surface area contributed by atoms with Crippen LogP contribution in [0.3, 0.4) is 0 Å². The number of nitrogens with zero attached hydrogens (tertiary/aromatic N) is 3. The number of rotatable bonds is 9. The molecule has 1 aromatic carbocycles. The molecular formula is C31H37ClN4O2. The smallest absolute Gasteiger partial charge is 0.223 e. The van der Waals surface area contributed by atoms with E-state index in [1.807, 2.05) is 39.2 Å². The van der Waals surface area contributed by atoms with Gasteiger partial charge in [0.2, 0.25) is 5.91 Å². The molecule has 6 nitrogen and oxygen atoms in total. The number of allylic oxidation sites excluding steroid dienone is 2. The zero-order valence-electron chi connectivity index (χ0n) is 22.8. The fourth-order valence-electron chi connectivity index (χ4n) is 5.08. The Morgan fingerprint density at radius 2 is 2.00 bits per heavy atom. The second-order valence-corrected chi connectivity index (χ2v) is 10.8. The number of halogens is 1. The topological polar surface area (TPSA) is 67.4 Å². The molecule has 0 aliphatic heterocycles. The molecule has 4 rings (SSSR count). The van der Waals surface area contributed by atoms with Crippen LogP contribution in [-0.4, -0.2) is 34.9 Å². The van der Waals surface area contributed by atoms with Crippen molar-refractivity contribution < 1.29 is 9.53 Å². The summed E-state index contributed by atoms with van der Waals surface area (Å²) in [7, 11) is 4.02. The first kappa shape index (κ1) is 27.6. The van der Waals surface area contributed by atoms with E-state index in [2.05, 4.69) is 40.8 Å². The fraction of sp³-hybridized carbons (Fsp3) is 0.387. The molecule has 1 aliphatic rings. The summed E-state index contributed by atoms with van der Waals surface area (Å²) >= 11 is 6.56. The van der Waals surface area contributed by atoms with Crippen molar-refractivity contribution in [1.29, 1.82) is 0 Å². The Morgan fingerprint density at radius 1 is 1.24 bits per heavy atom. The second kappa shape index (κ2) is 12.4. The summed E-state index contributed by atoms with van der Waals surface area (Å²) in [6, 6.07) is 8.02. The van der Waals surface area contributed by atoms with Gasteiger partial charge in [0.25, 0.3) is 0 Å². The van der Waals surface area contributed by atoms with Crippen LogP contribution in [0.15, 0.2) is 55.4 Å². The third-order valence-electron chi connectivity index (χ3n) is 7.27. The molecule has 1 fully saturated rings. The predicted molar refractivity (Wildman–Crippen MR) is 155 cm³/mol. The van der Waals surface area contributed by atoms with Crippen LogP contribution in [0.5, 0.6) is 5.75 Å². The van der Waals surface area contributed by atoms with Crippen LogP contribution in [0, 0.1) is 18.8 Å². The lowest BCUT2D eigenvalue weighted by molar-refractivity contribution is -0.126. The maximum Gasteiger partial charge on any atom is 0.223 e. The molecule has 3 aromatic rings. The summed E-state index contributed by atoms with van der Waals surface area (Å²) < 4.78 is 6.33. The number of para-hydroxylation sites is 1. The van der Waals surface area contributed by atoms with Crippen molar-refractivity contribution in [3.05, 3.63) is 82.8 Å². The van der Waals surface area contributed by atoms with Gasteiger partial charge in [-0.25, -0.2) is 4.98 Å². The lowest BCUT2D eigenvalue weighted by atomic mass is 9.82. The highest BCUT2D eigenvalue weighted by Gasteiger charge is 2.24. The molecule has 2 heterocycles. The number of ether oxygens (including phenoxy) is 1. The first-order valence-corrected chi connectivity index (χ1v) is 13.6. The van der Waals surface area contributed by atoms with Crippen LogP contribution in [0.4, 0.5) is 0 Å². The van der Waals surface area contributed by atoms with E-state index in [4.69, 9.17) is 21.3 Å². The molecule has 2 aromatic heterocycles. The third kappa shape index (κ3) is 6.36. The van der Waals surface area contributed by atoms with E-state index in [1.54, 1.807) is 18.5 Å². The van der Waals surface area contributed by atoms with Gasteiger partial charge in [0.15, 0.2) is 0 Å². The summed E-state index contributed by atoms with van der Waals surface area (Å²) in [4.78, 5) is 23.9.